The van der Waals surface area contributed by atoms with Gasteiger partial charge in [-0.2, -0.15) is 0 Å². The highest BCUT2D eigenvalue weighted by Gasteiger charge is 2.15. The van der Waals surface area contributed by atoms with E-state index in [9.17, 15) is 14.4 Å². The molecule has 124 valence electrons. The molecule has 2 aromatic rings. The standard InChI is InChI=1S/C18H17NO5/c1-23-16(20)14-8-5-9-15(12-14)17(21)24-18(22)19-11-10-13-6-3-2-4-7-13/h2-9,12H,10-11H2,1H3,(H,19,22). The maximum atomic E-state index is 11.9. The zero-order valence-corrected chi connectivity index (χ0v) is 13.2. The van der Waals surface area contributed by atoms with Crippen LogP contribution in [0.2, 0.25) is 0 Å². The molecule has 0 aromatic heterocycles. The lowest BCUT2D eigenvalue weighted by Crippen LogP contribution is -2.28. The van der Waals surface area contributed by atoms with E-state index in [1.165, 1.54) is 31.4 Å². The van der Waals surface area contributed by atoms with Gasteiger partial charge in [0.2, 0.25) is 0 Å². The van der Waals surface area contributed by atoms with E-state index in [4.69, 9.17) is 4.74 Å². The minimum Gasteiger partial charge on any atom is -0.465 e. The molecule has 2 aromatic carbocycles. The van der Waals surface area contributed by atoms with Gasteiger partial charge < -0.3 is 14.8 Å². The normalized spacial score (nSPS) is 9.88. The number of ether oxygens (including phenoxy) is 2. The number of carbonyl (C=O) groups is 3. The minimum atomic E-state index is -0.835. The molecule has 0 radical (unpaired) electrons. The maximum absolute atomic E-state index is 11.9. The van der Waals surface area contributed by atoms with Gasteiger partial charge in [0.15, 0.2) is 0 Å². The van der Waals surface area contributed by atoms with Crippen LogP contribution in [-0.4, -0.2) is 31.7 Å². The first kappa shape index (κ1) is 17.2. The van der Waals surface area contributed by atoms with Crippen molar-refractivity contribution in [3.05, 3.63) is 71.3 Å². The maximum Gasteiger partial charge on any atom is 0.415 e. The molecule has 0 aliphatic rings. The molecule has 0 bridgehead atoms. The van der Waals surface area contributed by atoms with E-state index >= 15 is 0 Å². The summed E-state index contributed by atoms with van der Waals surface area (Å²) in [6, 6.07) is 15.4. The number of nitrogens with one attached hydrogen (secondary N) is 1. The van der Waals surface area contributed by atoms with Crippen LogP contribution in [0.25, 0.3) is 0 Å². The Kier molecular flexibility index (Phi) is 6.08. The molecular weight excluding hydrogens is 310 g/mol. The minimum absolute atomic E-state index is 0.0936. The Morgan fingerprint density at radius 2 is 1.58 bits per heavy atom. The second-order valence-corrected chi connectivity index (χ2v) is 4.91. The van der Waals surface area contributed by atoms with Crippen LogP contribution in [0.4, 0.5) is 4.79 Å². The molecule has 0 heterocycles. The molecule has 0 unspecified atom stereocenters. The molecule has 0 aliphatic carbocycles. The van der Waals surface area contributed by atoms with Crippen molar-refractivity contribution in [2.24, 2.45) is 0 Å². The highest BCUT2D eigenvalue weighted by atomic mass is 16.6. The first-order valence-electron chi connectivity index (χ1n) is 7.32. The van der Waals surface area contributed by atoms with Gasteiger partial charge in [-0.05, 0) is 30.2 Å². The van der Waals surface area contributed by atoms with Gasteiger partial charge in [0.25, 0.3) is 0 Å². The van der Waals surface area contributed by atoms with E-state index in [2.05, 4.69) is 10.1 Å². The number of esters is 2. The number of benzene rings is 2. The van der Waals surface area contributed by atoms with Crippen LogP contribution in [0.3, 0.4) is 0 Å². The Bertz CT molecular complexity index is 727. The lowest BCUT2D eigenvalue weighted by molar-refractivity contribution is 0.0600. The first-order chi connectivity index (χ1) is 11.6. The predicted octanol–water partition coefficient (Wildman–Crippen LogP) is 2.58. The van der Waals surface area contributed by atoms with Gasteiger partial charge in [-0.25, -0.2) is 14.4 Å². The van der Waals surface area contributed by atoms with Crippen LogP contribution in [0, 0.1) is 0 Å². The van der Waals surface area contributed by atoms with Crippen molar-refractivity contribution in [2.75, 3.05) is 13.7 Å². The van der Waals surface area contributed by atoms with E-state index in [1.807, 2.05) is 30.3 Å². The van der Waals surface area contributed by atoms with E-state index in [0.717, 1.165) is 5.56 Å². The molecule has 0 saturated heterocycles. The number of methoxy groups -OCH3 is 1. The molecule has 24 heavy (non-hydrogen) atoms. The molecule has 2 rings (SSSR count). The average molecular weight is 327 g/mol. The SMILES string of the molecule is COC(=O)c1cccc(C(=O)OC(=O)NCCc2ccccc2)c1. The molecule has 0 fully saturated rings. The number of alkyl carbamates (subject to hydrolysis) is 1. The average Bonchev–Trinajstić information content (AvgIpc) is 2.62. The lowest BCUT2D eigenvalue weighted by Gasteiger charge is -2.06. The number of hydrogen-bond acceptors (Lipinski definition) is 5. The predicted molar refractivity (Wildman–Crippen MR) is 86.7 cm³/mol. The summed E-state index contributed by atoms with van der Waals surface area (Å²) in [5.74, 6) is -1.41. The van der Waals surface area contributed by atoms with Gasteiger partial charge in [0, 0.05) is 6.54 Å². The Labute approximate surface area is 139 Å². The molecule has 6 nitrogen and oxygen atoms in total. The zero-order valence-electron chi connectivity index (χ0n) is 13.2. The topological polar surface area (TPSA) is 81.7 Å². The summed E-state index contributed by atoms with van der Waals surface area (Å²) in [5.41, 5.74) is 1.36. The highest BCUT2D eigenvalue weighted by molar-refractivity contribution is 5.99. The summed E-state index contributed by atoms with van der Waals surface area (Å²) >= 11 is 0. The lowest BCUT2D eigenvalue weighted by atomic mass is 10.1. The molecule has 0 atom stereocenters. The van der Waals surface area contributed by atoms with Crippen LogP contribution in [0.1, 0.15) is 26.3 Å². The monoisotopic (exact) mass is 327 g/mol. The van der Waals surface area contributed by atoms with Gasteiger partial charge in [-0.3, -0.25) is 0 Å². The third-order valence-corrected chi connectivity index (χ3v) is 3.23. The Hall–Kier alpha value is -3.15. The van der Waals surface area contributed by atoms with Crippen LogP contribution >= 0.6 is 0 Å². The summed E-state index contributed by atoms with van der Waals surface area (Å²) < 4.78 is 9.28. The van der Waals surface area contributed by atoms with E-state index in [-0.39, 0.29) is 11.1 Å². The van der Waals surface area contributed by atoms with Crippen molar-refractivity contribution in [3.63, 3.8) is 0 Å². The first-order valence-corrected chi connectivity index (χ1v) is 7.32. The Morgan fingerprint density at radius 3 is 2.25 bits per heavy atom. The van der Waals surface area contributed by atoms with E-state index in [0.29, 0.717) is 13.0 Å². The molecule has 1 N–H and O–H groups in total. The van der Waals surface area contributed by atoms with Gasteiger partial charge in [-0.1, -0.05) is 36.4 Å². The van der Waals surface area contributed by atoms with Crippen molar-refractivity contribution in [3.8, 4) is 0 Å². The van der Waals surface area contributed by atoms with E-state index < -0.39 is 18.0 Å². The summed E-state index contributed by atoms with van der Waals surface area (Å²) in [6.07, 6.45) is -0.207. The van der Waals surface area contributed by atoms with Crippen LogP contribution in [0.5, 0.6) is 0 Å². The second-order valence-electron chi connectivity index (χ2n) is 4.91. The number of rotatable bonds is 5. The Morgan fingerprint density at radius 1 is 0.917 bits per heavy atom. The molecule has 0 aliphatic heterocycles. The second kappa shape index (κ2) is 8.47. The Balaban J connectivity index is 1.85. The van der Waals surface area contributed by atoms with Gasteiger partial charge >= 0.3 is 18.0 Å². The quantitative estimate of drug-likeness (QED) is 0.674. The van der Waals surface area contributed by atoms with Gasteiger partial charge in [0.05, 0.1) is 18.2 Å². The van der Waals surface area contributed by atoms with Gasteiger partial charge in [0.1, 0.15) is 0 Å². The van der Waals surface area contributed by atoms with Crippen molar-refractivity contribution in [1.29, 1.82) is 0 Å². The van der Waals surface area contributed by atoms with Crippen molar-refractivity contribution in [1.82, 2.24) is 5.32 Å². The third kappa shape index (κ3) is 4.95. The molecule has 0 saturated carbocycles. The smallest absolute Gasteiger partial charge is 0.415 e. The van der Waals surface area contributed by atoms with Crippen LogP contribution in [0.15, 0.2) is 54.6 Å². The fourth-order valence-corrected chi connectivity index (χ4v) is 2.02. The van der Waals surface area contributed by atoms with Crippen molar-refractivity contribution < 1.29 is 23.9 Å². The number of carbonyl (C=O) groups excluding carboxylic acids is 3. The summed E-state index contributed by atoms with van der Waals surface area (Å²) in [6.45, 7) is 0.346. The summed E-state index contributed by atoms with van der Waals surface area (Å²) in [4.78, 5) is 35.0. The fraction of sp³-hybridized carbons (Fsp3) is 0.167. The van der Waals surface area contributed by atoms with E-state index in [1.54, 1.807) is 0 Å². The van der Waals surface area contributed by atoms with Crippen molar-refractivity contribution >= 4 is 18.0 Å². The number of amides is 1. The number of hydrogen-bond donors (Lipinski definition) is 1. The largest absolute Gasteiger partial charge is 0.465 e. The molecule has 1 amide bonds. The van der Waals surface area contributed by atoms with Crippen LogP contribution < -0.4 is 5.32 Å². The summed E-state index contributed by atoms with van der Waals surface area (Å²) in [5, 5.41) is 2.51. The molecular formula is C18H17NO5. The van der Waals surface area contributed by atoms with Gasteiger partial charge in [-0.15, -0.1) is 0 Å². The van der Waals surface area contributed by atoms with Crippen molar-refractivity contribution in [2.45, 2.75) is 6.42 Å². The highest BCUT2D eigenvalue weighted by Crippen LogP contribution is 2.08. The fourth-order valence-electron chi connectivity index (χ4n) is 2.02. The third-order valence-electron chi connectivity index (χ3n) is 3.23. The summed E-state index contributed by atoms with van der Waals surface area (Å²) in [7, 11) is 1.24. The van der Waals surface area contributed by atoms with Crippen LogP contribution in [-0.2, 0) is 15.9 Å². The molecule has 0 spiro atoms. The molecule has 6 heteroatoms. The zero-order chi connectivity index (χ0) is 17.4.